The van der Waals surface area contributed by atoms with Crippen LogP contribution >= 0.6 is 0 Å². The predicted octanol–water partition coefficient (Wildman–Crippen LogP) is 3.29. The zero-order valence-electron chi connectivity index (χ0n) is 13.2. The molecule has 0 atom stereocenters. The third kappa shape index (κ3) is 2.45. The van der Waals surface area contributed by atoms with Crippen LogP contribution in [0.15, 0.2) is 12.1 Å². The summed E-state index contributed by atoms with van der Waals surface area (Å²) < 4.78 is 18.6. The summed E-state index contributed by atoms with van der Waals surface area (Å²) in [5.41, 5.74) is 6.63. The first-order valence-electron chi connectivity index (χ1n) is 7.04. The summed E-state index contributed by atoms with van der Waals surface area (Å²) in [5.74, 6) is -0.581. The first-order chi connectivity index (χ1) is 9.62. The fourth-order valence-corrected chi connectivity index (χ4v) is 3.07. The average Bonchev–Trinajstić information content (AvgIpc) is 2.78. The molecule has 0 heterocycles. The summed E-state index contributed by atoms with van der Waals surface area (Å²) in [6, 6.07) is 2.57. The second-order valence-electron chi connectivity index (χ2n) is 6.79. The zero-order valence-corrected chi connectivity index (χ0v) is 13.2. The Bertz CT molecular complexity index is 568. The summed E-state index contributed by atoms with van der Waals surface area (Å²) in [4.78, 5) is 11.6. The number of hydrogen-bond acceptors (Lipinski definition) is 4. The Morgan fingerprint density at radius 2 is 1.90 bits per heavy atom. The van der Waals surface area contributed by atoms with Gasteiger partial charge in [-0.05, 0) is 28.9 Å². The van der Waals surface area contributed by atoms with Gasteiger partial charge in [0.05, 0.1) is 18.4 Å². The number of ether oxygens (including phenoxy) is 1. The van der Waals surface area contributed by atoms with Crippen molar-refractivity contribution in [2.45, 2.75) is 27.7 Å². The molecule has 0 spiro atoms. The van der Waals surface area contributed by atoms with Crippen molar-refractivity contribution in [1.29, 1.82) is 0 Å². The van der Waals surface area contributed by atoms with Crippen molar-refractivity contribution >= 4 is 17.3 Å². The number of carbonyl (C=O) groups excluding carboxylic acids is 1. The monoisotopic (exact) mass is 294 g/mol. The normalized spacial score (nSPS) is 19.1. The van der Waals surface area contributed by atoms with E-state index in [-0.39, 0.29) is 27.8 Å². The van der Waals surface area contributed by atoms with Gasteiger partial charge < -0.3 is 15.8 Å². The molecule has 0 aliphatic heterocycles. The summed E-state index contributed by atoms with van der Waals surface area (Å²) >= 11 is 0. The number of rotatable bonds is 4. The third-order valence-corrected chi connectivity index (χ3v) is 5.36. The summed E-state index contributed by atoms with van der Waals surface area (Å²) in [6.45, 7) is 9.48. The van der Waals surface area contributed by atoms with E-state index in [0.29, 0.717) is 12.5 Å². The fourth-order valence-electron chi connectivity index (χ4n) is 3.07. The molecule has 1 saturated carbocycles. The molecule has 0 radical (unpaired) electrons. The van der Waals surface area contributed by atoms with E-state index >= 15 is 0 Å². The molecule has 2 rings (SSSR count). The van der Waals surface area contributed by atoms with Crippen LogP contribution in [0.25, 0.3) is 0 Å². The minimum absolute atomic E-state index is 0.0805. The highest BCUT2D eigenvalue weighted by Gasteiger charge is 2.64. The number of nitrogens with one attached hydrogen (secondary N) is 1. The van der Waals surface area contributed by atoms with E-state index in [9.17, 15) is 9.18 Å². The second-order valence-corrected chi connectivity index (χ2v) is 6.79. The molecule has 1 aromatic carbocycles. The van der Waals surface area contributed by atoms with E-state index in [2.05, 4.69) is 37.7 Å². The maximum absolute atomic E-state index is 14.0. The highest BCUT2D eigenvalue weighted by molar-refractivity contribution is 5.96. The van der Waals surface area contributed by atoms with Crippen LogP contribution in [-0.4, -0.2) is 19.6 Å². The lowest BCUT2D eigenvalue weighted by Crippen LogP contribution is -2.12. The highest BCUT2D eigenvalue weighted by Crippen LogP contribution is 2.68. The smallest absolute Gasteiger partial charge is 0.340 e. The van der Waals surface area contributed by atoms with Crippen LogP contribution in [0.1, 0.15) is 38.1 Å². The minimum Gasteiger partial charge on any atom is -0.465 e. The molecule has 21 heavy (non-hydrogen) atoms. The molecule has 0 saturated heterocycles. The molecule has 1 aliphatic rings. The van der Waals surface area contributed by atoms with Crippen LogP contribution in [-0.2, 0) is 4.74 Å². The Labute approximate surface area is 124 Å². The molecule has 5 heteroatoms. The van der Waals surface area contributed by atoms with E-state index in [1.165, 1.54) is 13.2 Å². The highest BCUT2D eigenvalue weighted by atomic mass is 19.1. The van der Waals surface area contributed by atoms with Crippen molar-refractivity contribution < 1.29 is 13.9 Å². The van der Waals surface area contributed by atoms with Gasteiger partial charge in [0.25, 0.3) is 0 Å². The minimum atomic E-state index is -0.567. The molecule has 4 nitrogen and oxygen atoms in total. The second kappa shape index (κ2) is 4.90. The van der Waals surface area contributed by atoms with Crippen LogP contribution in [0.5, 0.6) is 0 Å². The van der Waals surface area contributed by atoms with Crippen LogP contribution < -0.4 is 11.1 Å². The Kier molecular flexibility index (Phi) is 3.64. The van der Waals surface area contributed by atoms with Gasteiger partial charge in [-0.1, -0.05) is 27.7 Å². The number of esters is 1. The van der Waals surface area contributed by atoms with Gasteiger partial charge in [-0.3, -0.25) is 0 Å². The first kappa shape index (κ1) is 15.6. The molecule has 3 N–H and O–H groups in total. The van der Waals surface area contributed by atoms with E-state index < -0.39 is 11.8 Å². The van der Waals surface area contributed by atoms with Crippen LogP contribution in [0.3, 0.4) is 0 Å². The summed E-state index contributed by atoms with van der Waals surface area (Å²) in [6.07, 6.45) is 0. The molecular formula is C16H23FN2O2. The molecule has 1 fully saturated rings. The predicted molar refractivity (Wildman–Crippen MR) is 81.7 cm³/mol. The van der Waals surface area contributed by atoms with Gasteiger partial charge in [0, 0.05) is 12.2 Å². The number of carbonyl (C=O) groups is 1. The molecule has 0 amide bonds. The zero-order chi connectivity index (χ0) is 16.0. The van der Waals surface area contributed by atoms with Gasteiger partial charge in [0.15, 0.2) is 0 Å². The van der Waals surface area contributed by atoms with Crippen molar-refractivity contribution in [3.8, 4) is 0 Å². The number of anilines is 2. The van der Waals surface area contributed by atoms with Gasteiger partial charge >= 0.3 is 5.97 Å². The maximum atomic E-state index is 14.0. The number of methoxy groups -OCH3 is 1. The molecule has 0 unspecified atom stereocenters. The molecule has 1 aliphatic carbocycles. The lowest BCUT2D eigenvalue weighted by molar-refractivity contribution is 0.0602. The number of nitrogens with two attached hydrogens (primary N) is 1. The largest absolute Gasteiger partial charge is 0.465 e. The van der Waals surface area contributed by atoms with Crippen molar-refractivity contribution in [2.24, 2.45) is 16.7 Å². The molecule has 0 aromatic heterocycles. The van der Waals surface area contributed by atoms with Crippen LogP contribution in [0, 0.1) is 22.6 Å². The fraction of sp³-hybridized carbons (Fsp3) is 0.562. The number of nitrogen functional groups attached to an aromatic ring is 1. The van der Waals surface area contributed by atoms with Crippen LogP contribution in [0.2, 0.25) is 0 Å². The van der Waals surface area contributed by atoms with Crippen LogP contribution in [0.4, 0.5) is 15.8 Å². The number of hydrogen-bond donors (Lipinski definition) is 2. The molecule has 1 aromatic rings. The van der Waals surface area contributed by atoms with E-state index in [1.54, 1.807) is 0 Å². The average molecular weight is 294 g/mol. The van der Waals surface area contributed by atoms with E-state index in [4.69, 9.17) is 5.73 Å². The van der Waals surface area contributed by atoms with Gasteiger partial charge in [-0.15, -0.1) is 0 Å². The molecule has 0 bridgehead atoms. The number of halogens is 1. The molecular weight excluding hydrogens is 271 g/mol. The van der Waals surface area contributed by atoms with Crippen molar-refractivity contribution in [2.75, 3.05) is 24.7 Å². The summed E-state index contributed by atoms with van der Waals surface area (Å²) in [7, 11) is 1.27. The Hall–Kier alpha value is -1.78. The van der Waals surface area contributed by atoms with Crippen molar-refractivity contribution in [3.63, 3.8) is 0 Å². The topological polar surface area (TPSA) is 64.3 Å². The lowest BCUT2D eigenvalue weighted by atomic mass is 10.0. The quantitative estimate of drug-likeness (QED) is 0.660. The first-order valence-corrected chi connectivity index (χ1v) is 7.04. The summed E-state index contributed by atoms with van der Waals surface area (Å²) in [5, 5.41) is 3.09. The Balaban J connectivity index is 2.16. The van der Waals surface area contributed by atoms with Crippen molar-refractivity contribution in [3.05, 3.63) is 23.5 Å². The Morgan fingerprint density at radius 1 is 1.33 bits per heavy atom. The van der Waals surface area contributed by atoms with Gasteiger partial charge in [0.2, 0.25) is 0 Å². The van der Waals surface area contributed by atoms with E-state index in [0.717, 1.165) is 6.07 Å². The van der Waals surface area contributed by atoms with Gasteiger partial charge in [0.1, 0.15) is 5.82 Å². The van der Waals surface area contributed by atoms with Crippen molar-refractivity contribution in [1.82, 2.24) is 0 Å². The molecule has 116 valence electrons. The SMILES string of the molecule is COC(=O)c1cc(NCC2C(C)(C)C2(C)C)c(F)cc1N. The van der Waals surface area contributed by atoms with Gasteiger partial charge in [-0.25, -0.2) is 9.18 Å². The standard InChI is InChI=1S/C16H23FN2O2/c1-15(2)13(16(15,3)4)8-19-12-6-9(14(20)21-5)11(18)7-10(12)17/h6-7,13,19H,8,18H2,1-5H3. The number of benzene rings is 1. The lowest BCUT2D eigenvalue weighted by Gasteiger charge is -2.12. The van der Waals surface area contributed by atoms with Gasteiger partial charge in [-0.2, -0.15) is 0 Å². The Morgan fingerprint density at radius 3 is 2.38 bits per heavy atom. The van der Waals surface area contributed by atoms with E-state index in [1.807, 2.05) is 0 Å². The third-order valence-electron chi connectivity index (χ3n) is 5.36. The maximum Gasteiger partial charge on any atom is 0.340 e.